The minimum atomic E-state index is -0.210. The van der Waals surface area contributed by atoms with Gasteiger partial charge in [0.05, 0.1) is 11.8 Å². The van der Waals surface area contributed by atoms with Gasteiger partial charge in [0.15, 0.2) is 0 Å². The zero-order valence-electron chi connectivity index (χ0n) is 11.9. The van der Waals surface area contributed by atoms with Crippen molar-refractivity contribution in [1.29, 1.82) is 0 Å². The molecule has 0 aromatic carbocycles. The molecule has 1 aliphatic heterocycles. The second kappa shape index (κ2) is 7.24. The molecular weight excluding hydrogens is 264 g/mol. The number of aromatic nitrogens is 2. The first-order valence-electron chi connectivity index (χ1n) is 6.75. The quantitative estimate of drug-likeness (QED) is 0.743. The molecule has 0 radical (unpaired) electrons. The summed E-state index contributed by atoms with van der Waals surface area (Å²) < 4.78 is 2.04. The van der Waals surface area contributed by atoms with E-state index in [1.807, 2.05) is 4.68 Å². The highest BCUT2D eigenvalue weighted by molar-refractivity contribution is 5.85. The van der Waals surface area contributed by atoms with E-state index in [1.54, 1.807) is 0 Å². The molecule has 0 saturated carbocycles. The Morgan fingerprint density at radius 1 is 1.42 bits per heavy atom. The SMILES string of the molecule is CCn1nc(C)c(CNCC2CNCC2O)c1C.Cl. The summed E-state index contributed by atoms with van der Waals surface area (Å²) in [6, 6.07) is 0. The Bertz CT molecular complexity index is 408. The van der Waals surface area contributed by atoms with E-state index in [4.69, 9.17) is 0 Å². The number of aliphatic hydroxyl groups is 1. The first-order valence-corrected chi connectivity index (χ1v) is 6.75. The molecule has 0 spiro atoms. The Morgan fingerprint density at radius 3 is 2.68 bits per heavy atom. The van der Waals surface area contributed by atoms with Crippen molar-refractivity contribution < 1.29 is 5.11 Å². The first kappa shape index (κ1) is 16.4. The van der Waals surface area contributed by atoms with Gasteiger partial charge >= 0.3 is 0 Å². The molecule has 1 aromatic heterocycles. The number of β-amino-alcohol motifs (C(OH)–C–C–N with tert-alkyl or cyclic N) is 1. The fourth-order valence-corrected chi connectivity index (χ4v) is 2.61. The Kier molecular flexibility index (Phi) is 6.26. The Balaban J connectivity index is 0.00000180. The zero-order valence-corrected chi connectivity index (χ0v) is 12.8. The van der Waals surface area contributed by atoms with Crippen molar-refractivity contribution in [1.82, 2.24) is 20.4 Å². The second-order valence-electron chi connectivity index (χ2n) is 5.08. The summed E-state index contributed by atoms with van der Waals surface area (Å²) in [4.78, 5) is 0. The highest BCUT2D eigenvalue weighted by Crippen LogP contribution is 2.13. The van der Waals surface area contributed by atoms with Crippen LogP contribution in [0.2, 0.25) is 0 Å². The number of rotatable bonds is 5. The predicted octanol–water partition coefficient (Wildman–Crippen LogP) is 0.612. The van der Waals surface area contributed by atoms with Crippen LogP contribution in [0.3, 0.4) is 0 Å². The van der Waals surface area contributed by atoms with Gasteiger partial charge in [-0.25, -0.2) is 0 Å². The van der Waals surface area contributed by atoms with Crippen molar-refractivity contribution in [2.24, 2.45) is 5.92 Å². The van der Waals surface area contributed by atoms with Gasteiger partial charge in [0.2, 0.25) is 0 Å². The lowest BCUT2D eigenvalue weighted by molar-refractivity contribution is 0.146. The number of aliphatic hydroxyl groups excluding tert-OH is 1. The standard InChI is InChI=1S/C13H24N4O.ClH/c1-4-17-10(3)12(9(2)16-17)7-14-5-11-6-15-8-13(11)18;/h11,13-15,18H,4-8H2,1-3H3;1H. The Hall–Kier alpha value is -0.620. The van der Waals surface area contributed by atoms with E-state index < -0.39 is 0 Å². The number of nitrogens with one attached hydrogen (secondary N) is 2. The molecule has 5 nitrogen and oxygen atoms in total. The van der Waals surface area contributed by atoms with Gasteiger partial charge in [-0.2, -0.15) is 5.10 Å². The van der Waals surface area contributed by atoms with Crippen LogP contribution in [-0.4, -0.2) is 40.6 Å². The molecule has 2 rings (SSSR count). The van der Waals surface area contributed by atoms with E-state index >= 15 is 0 Å². The van der Waals surface area contributed by atoms with E-state index in [1.165, 1.54) is 11.3 Å². The van der Waals surface area contributed by atoms with E-state index in [0.717, 1.165) is 38.4 Å². The largest absolute Gasteiger partial charge is 0.391 e. The normalized spacial score (nSPS) is 22.5. The molecule has 0 amide bonds. The van der Waals surface area contributed by atoms with Crippen LogP contribution in [0.1, 0.15) is 23.9 Å². The summed E-state index contributed by atoms with van der Waals surface area (Å²) in [5.41, 5.74) is 3.64. The maximum Gasteiger partial charge on any atom is 0.0716 e. The molecule has 6 heteroatoms. The molecule has 1 aliphatic rings. The fourth-order valence-electron chi connectivity index (χ4n) is 2.61. The van der Waals surface area contributed by atoms with Crippen molar-refractivity contribution >= 4 is 12.4 Å². The maximum absolute atomic E-state index is 9.72. The third-order valence-electron chi connectivity index (χ3n) is 3.84. The van der Waals surface area contributed by atoms with Gasteiger partial charge < -0.3 is 15.7 Å². The van der Waals surface area contributed by atoms with Gasteiger partial charge in [-0.1, -0.05) is 0 Å². The van der Waals surface area contributed by atoms with Crippen LogP contribution in [0.25, 0.3) is 0 Å². The van der Waals surface area contributed by atoms with Crippen molar-refractivity contribution in [3.05, 3.63) is 17.0 Å². The van der Waals surface area contributed by atoms with Gasteiger partial charge in [0.1, 0.15) is 0 Å². The summed E-state index contributed by atoms with van der Waals surface area (Å²) in [7, 11) is 0. The molecule has 2 unspecified atom stereocenters. The maximum atomic E-state index is 9.72. The first-order chi connectivity index (χ1) is 8.63. The van der Waals surface area contributed by atoms with Crippen LogP contribution in [0, 0.1) is 19.8 Å². The third-order valence-corrected chi connectivity index (χ3v) is 3.84. The van der Waals surface area contributed by atoms with Gasteiger partial charge in [-0.3, -0.25) is 4.68 Å². The smallest absolute Gasteiger partial charge is 0.0716 e. The fraction of sp³-hybridized carbons (Fsp3) is 0.769. The molecule has 1 aromatic rings. The monoisotopic (exact) mass is 288 g/mol. The van der Waals surface area contributed by atoms with Crippen molar-refractivity contribution in [2.75, 3.05) is 19.6 Å². The molecule has 0 aliphatic carbocycles. The second-order valence-corrected chi connectivity index (χ2v) is 5.08. The summed E-state index contributed by atoms with van der Waals surface area (Å²) in [5, 5.41) is 20.9. The highest BCUT2D eigenvalue weighted by atomic mass is 35.5. The lowest BCUT2D eigenvalue weighted by Crippen LogP contribution is -2.30. The lowest BCUT2D eigenvalue weighted by Gasteiger charge is -2.14. The van der Waals surface area contributed by atoms with Crippen LogP contribution in [0.5, 0.6) is 0 Å². The minimum absolute atomic E-state index is 0. The molecule has 1 fully saturated rings. The van der Waals surface area contributed by atoms with Crippen molar-refractivity contribution in [3.8, 4) is 0 Å². The molecule has 19 heavy (non-hydrogen) atoms. The van der Waals surface area contributed by atoms with E-state index in [-0.39, 0.29) is 18.5 Å². The van der Waals surface area contributed by atoms with E-state index in [9.17, 15) is 5.11 Å². The van der Waals surface area contributed by atoms with Gasteiger partial charge in [-0.05, 0) is 20.8 Å². The number of nitrogens with zero attached hydrogens (tertiary/aromatic N) is 2. The van der Waals surface area contributed by atoms with Gasteiger partial charge in [0, 0.05) is 49.9 Å². The number of halogens is 1. The van der Waals surface area contributed by atoms with Crippen molar-refractivity contribution in [3.63, 3.8) is 0 Å². The molecule has 2 heterocycles. The van der Waals surface area contributed by atoms with E-state index in [2.05, 4.69) is 36.5 Å². The van der Waals surface area contributed by atoms with Crippen LogP contribution in [-0.2, 0) is 13.1 Å². The van der Waals surface area contributed by atoms with Crippen LogP contribution in [0.4, 0.5) is 0 Å². The molecule has 3 N–H and O–H groups in total. The van der Waals surface area contributed by atoms with E-state index in [0.29, 0.717) is 5.92 Å². The van der Waals surface area contributed by atoms with Crippen LogP contribution >= 0.6 is 12.4 Å². The zero-order chi connectivity index (χ0) is 13.1. The molecular formula is C13H25ClN4O. The number of hydrogen-bond donors (Lipinski definition) is 3. The lowest BCUT2D eigenvalue weighted by atomic mass is 10.1. The molecule has 1 saturated heterocycles. The topological polar surface area (TPSA) is 62.1 Å². The van der Waals surface area contributed by atoms with Crippen molar-refractivity contribution in [2.45, 2.75) is 40.0 Å². The average Bonchev–Trinajstić information content (AvgIpc) is 2.87. The summed E-state index contributed by atoms with van der Waals surface area (Å²) in [6.45, 7) is 10.5. The number of aryl methyl sites for hydroxylation is 2. The molecule has 110 valence electrons. The molecule has 0 bridgehead atoms. The Morgan fingerprint density at radius 2 is 2.16 bits per heavy atom. The third kappa shape index (κ3) is 3.69. The average molecular weight is 289 g/mol. The highest BCUT2D eigenvalue weighted by Gasteiger charge is 2.24. The van der Waals surface area contributed by atoms with Crippen LogP contribution in [0.15, 0.2) is 0 Å². The summed E-state index contributed by atoms with van der Waals surface area (Å²) >= 11 is 0. The Labute approximate surface area is 121 Å². The summed E-state index contributed by atoms with van der Waals surface area (Å²) in [6.07, 6.45) is -0.210. The number of hydrogen-bond acceptors (Lipinski definition) is 4. The summed E-state index contributed by atoms with van der Waals surface area (Å²) in [5.74, 6) is 0.326. The van der Waals surface area contributed by atoms with Gasteiger partial charge in [-0.15, -0.1) is 12.4 Å². The minimum Gasteiger partial charge on any atom is -0.391 e. The predicted molar refractivity (Wildman–Crippen MR) is 78.7 cm³/mol. The van der Waals surface area contributed by atoms with Crippen LogP contribution < -0.4 is 10.6 Å². The van der Waals surface area contributed by atoms with Gasteiger partial charge in [0.25, 0.3) is 0 Å². The molecule has 2 atom stereocenters.